The molecule has 1 aromatic carbocycles. The van der Waals surface area contributed by atoms with Gasteiger partial charge in [-0.15, -0.1) is 10.2 Å². The zero-order valence-electron chi connectivity index (χ0n) is 18.6. The lowest BCUT2D eigenvalue weighted by atomic mass is 10.0. The number of aromatic nitrogens is 4. The number of halogens is 3. The quantitative estimate of drug-likeness (QED) is 0.562. The molecule has 3 N–H and O–H groups in total. The van der Waals surface area contributed by atoms with E-state index in [1.165, 1.54) is 17.3 Å². The minimum absolute atomic E-state index is 0.00988. The molecule has 2 aromatic heterocycles. The van der Waals surface area contributed by atoms with Crippen LogP contribution in [-0.4, -0.2) is 36.2 Å². The zero-order valence-corrected chi connectivity index (χ0v) is 18.6. The average molecular weight is 463 g/mol. The molecule has 4 rings (SSSR count). The highest BCUT2D eigenvalue weighted by Gasteiger charge is 2.34. The van der Waals surface area contributed by atoms with Gasteiger partial charge in [0.2, 0.25) is 0 Å². The molecule has 33 heavy (non-hydrogen) atoms. The van der Waals surface area contributed by atoms with Crippen molar-refractivity contribution in [3.05, 3.63) is 46.9 Å². The first-order valence-corrected chi connectivity index (χ1v) is 10.3. The van der Waals surface area contributed by atoms with E-state index in [4.69, 9.17) is 10.5 Å². The van der Waals surface area contributed by atoms with E-state index in [0.29, 0.717) is 22.7 Å². The summed E-state index contributed by atoms with van der Waals surface area (Å²) in [6.45, 7) is 7.51. The maximum absolute atomic E-state index is 13.2. The minimum Gasteiger partial charge on any atom is -0.444 e. The number of hydrogen-bond donors (Lipinski definition) is 2. The Kier molecular flexibility index (Phi) is 5.33. The van der Waals surface area contributed by atoms with Crippen LogP contribution in [0.3, 0.4) is 0 Å². The van der Waals surface area contributed by atoms with Crippen molar-refractivity contribution in [2.24, 2.45) is 0 Å². The Morgan fingerprint density at radius 3 is 2.61 bits per heavy atom. The Labute approximate surface area is 187 Å². The van der Waals surface area contributed by atoms with Crippen molar-refractivity contribution < 1.29 is 22.7 Å². The largest absolute Gasteiger partial charge is 0.444 e. The lowest BCUT2D eigenvalue weighted by molar-refractivity contribution is -0.137. The van der Waals surface area contributed by atoms with Crippen LogP contribution >= 0.6 is 0 Å². The zero-order chi connectivity index (χ0) is 24.1. The summed E-state index contributed by atoms with van der Waals surface area (Å²) in [5.41, 5.74) is 6.04. The smallest absolute Gasteiger partial charge is 0.416 e. The third-order valence-corrected chi connectivity index (χ3v) is 5.17. The lowest BCUT2D eigenvalue weighted by Gasteiger charge is -2.24. The molecule has 9 nitrogen and oxygen atoms in total. The Balaban J connectivity index is 1.66. The van der Waals surface area contributed by atoms with Crippen molar-refractivity contribution in [1.82, 2.24) is 24.5 Å². The molecule has 1 atom stereocenters. The van der Waals surface area contributed by atoms with E-state index in [0.717, 1.165) is 17.8 Å². The minimum atomic E-state index is -4.52. The van der Waals surface area contributed by atoms with Gasteiger partial charge in [-0.05, 0) is 51.5 Å². The molecule has 176 valence electrons. The molecule has 1 unspecified atom stereocenters. The number of carbonyl (C=O) groups is 1. The van der Waals surface area contributed by atoms with Crippen LogP contribution in [0.2, 0.25) is 0 Å². The van der Waals surface area contributed by atoms with Crippen molar-refractivity contribution in [1.29, 1.82) is 0 Å². The maximum atomic E-state index is 13.2. The third kappa shape index (κ3) is 4.64. The Morgan fingerprint density at radius 1 is 1.21 bits per heavy atom. The van der Waals surface area contributed by atoms with Crippen LogP contribution in [0.5, 0.6) is 0 Å². The van der Waals surface area contributed by atoms with Crippen LogP contribution in [0, 0.1) is 0 Å². The van der Waals surface area contributed by atoms with Gasteiger partial charge in [0.25, 0.3) is 5.78 Å². The SMILES string of the molecule is CC(Nc1nc2nncn2c2c1CN(C(=O)OC(C)(C)C)C2)c1cc(N)cc(C(F)(F)F)c1. The van der Waals surface area contributed by atoms with E-state index in [2.05, 4.69) is 20.5 Å². The Morgan fingerprint density at radius 2 is 1.94 bits per heavy atom. The fourth-order valence-corrected chi connectivity index (χ4v) is 3.66. The van der Waals surface area contributed by atoms with Crippen LogP contribution in [-0.2, 0) is 24.0 Å². The summed E-state index contributed by atoms with van der Waals surface area (Å²) in [7, 11) is 0. The topological polar surface area (TPSA) is 111 Å². The second-order valence-corrected chi connectivity index (χ2v) is 8.98. The van der Waals surface area contributed by atoms with Gasteiger partial charge in [0.05, 0.1) is 30.4 Å². The summed E-state index contributed by atoms with van der Waals surface area (Å²) in [5, 5.41) is 11.0. The first kappa shape index (κ1) is 22.6. The van der Waals surface area contributed by atoms with Gasteiger partial charge in [-0.3, -0.25) is 9.30 Å². The first-order chi connectivity index (χ1) is 15.3. The molecular formula is C21H24F3N7O2. The predicted molar refractivity (Wildman–Crippen MR) is 114 cm³/mol. The number of hydrogen-bond acceptors (Lipinski definition) is 7. The van der Waals surface area contributed by atoms with Gasteiger partial charge in [0.1, 0.15) is 17.7 Å². The highest BCUT2D eigenvalue weighted by molar-refractivity contribution is 5.70. The van der Waals surface area contributed by atoms with Crippen molar-refractivity contribution >= 4 is 23.4 Å². The number of nitrogens with two attached hydrogens (primary N) is 1. The number of fused-ring (bicyclic) bond motifs is 3. The molecule has 3 heterocycles. The highest BCUT2D eigenvalue weighted by Crippen LogP contribution is 2.35. The van der Waals surface area contributed by atoms with Crippen molar-refractivity contribution in [3.8, 4) is 0 Å². The van der Waals surface area contributed by atoms with E-state index >= 15 is 0 Å². The van der Waals surface area contributed by atoms with Gasteiger partial charge >= 0.3 is 12.3 Å². The van der Waals surface area contributed by atoms with E-state index in [1.807, 2.05) is 0 Å². The first-order valence-electron chi connectivity index (χ1n) is 10.3. The lowest BCUT2D eigenvalue weighted by Crippen LogP contribution is -2.33. The number of rotatable bonds is 3. The second kappa shape index (κ2) is 7.78. The van der Waals surface area contributed by atoms with Gasteiger partial charge in [-0.25, -0.2) is 4.79 Å². The standard InChI is InChI=1S/C21H24F3N7O2/c1-11(12-5-13(21(22,23)24)7-14(25)6-12)27-17-15-8-30(19(32)33-20(2,3)4)9-16(15)31-10-26-29-18(31)28-17/h5-7,10-11H,8-9,25H2,1-4H3,(H,27,28,29). The number of nitrogens with one attached hydrogen (secondary N) is 1. The number of ether oxygens (including phenoxy) is 1. The fourth-order valence-electron chi connectivity index (χ4n) is 3.66. The summed E-state index contributed by atoms with van der Waals surface area (Å²) in [4.78, 5) is 18.6. The van der Waals surface area contributed by atoms with Gasteiger partial charge in [0, 0.05) is 11.3 Å². The van der Waals surface area contributed by atoms with Crippen LogP contribution < -0.4 is 11.1 Å². The molecule has 3 aromatic rings. The van der Waals surface area contributed by atoms with Gasteiger partial charge < -0.3 is 15.8 Å². The molecule has 0 saturated heterocycles. The summed E-state index contributed by atoms with van der Waals surface area (Å²) in [6, 6.07) is 2.87. The fraction of sp³-hybridized carbons (Fsp3) is 0.429. The normalized spacial score (nSPS) is 14.9. The summed E-state index contributed by atoms with van der Waals surface area (Å²) >= 11 is 0. The molecule has 0 saturated carbocycles. The predicted octanol–water partition coefficient (Wildman–Crippen LogP) is 4.15. The summed E-state index contributed by atoms with van der Waals surface area (Å²) < 4.78 is 46.9. The van der Waals surface area contributed by atoms with E-state index in [9.17, 15) is 18.0 Å². The number of carbonyl (C=O) groups excluding carboxylic acids is 1. The van der Waals surface area contributed by atoms with Gasteiger partial charge in [-0.2, -0.15) is 18.2 Å². The molecule has 1 aliphatic heterocycles. The van der Waals surface area contributed by atoms with Crippen molar-refractivity contribution in [3.63, 3.8) is 0 Å². The number of alkyl halides is 3. The third-order valence-electron chi connectivity index (χ3n) is 5.17. The van der Waals surface area contributed by atoms with Crippen molar-refractivity contribution in [2.75, 3.05) is 11.1 Å². The van der Waals surface area contributed by atoms with Gasteiger partial charge in [0.15, 0.2) is 0 Å². The van der Waals surface area contributed by atoms with Crippen LogP contribution in [0.4, 0.5) is 29.5 Å². The van der Waals surface area contributed by atoms with Crippen LogP contribution in [0.1, 0.15) is 56.1 Å². The molecule has 0 aliphatic carbocycles. The second-order valence-electron chi connectivity index (χ2n) is 8.98. The summed E-state index contributed by atoms with van der Waals surface area (Å²) in [6.07, 6.45) is -3.50. The number of benzene rings is 1. The van der Waals surface area contributed by atoms with E-state index in [1.54, 1.807) is 32.1 Å². The van der Waals surface area contributed by atoms with E-state index in [-0.39, 0.29) is 18.8 Å². The highest BCUT2D eigenvalue weighted by atomic mass is 19.4. The monoisotopic (exact) mass is 463 g/mol. The van der Waals surface area contributed by atoms with E-state index < -0.39 is 29.5 Å². The molecule has 12 heteroatoms. The molecule has 0 fully saturated rings. The summed E-state index contributed by atoms with van der Waals surface area (Å²) in [5.74, 6) is 0.707. The number of anilines is 2. The average Bonchev–Trinajstić information content (AvgIpc) is 3.32. The Hall–Kier alpha value is -3.57. The molecule has 1 aliphatic rings. The molecule has 0 spiro atoms. The molecule has 0 radical (unpaired) electrons. The number of amides is 1. The number of nitrogen functional groups attached to an aromatic ring is 1. The number of nitrogens with zero attached hydrogens (tertiary/aromatic N) is 5. The maximum Gasteiger partial charge on any atom is 0.416 e. The van der Waals surface area contributed by atoms with Crippen LogP contribution in [0.15, 0.2) is 24.5 Å². The molecule has 1 amide bonds. The van der Waals surface area contributed by atoms with Gasteiger partial charge in [-0.1, -0.05) is 0 Å². The Bertz CT molecular complexity index is 1220. The molecule has 0 bridgehead atoms. The van der Waals surface area contributed by atoms with Crippen molar-refractivity contribution in [2.45, 2.75) is 58.6 Å². The van der Waals surface area contributed by atoms with Crippen LogP contribution in [0.25, 0.3) is 5.78 Å². The molecular weight excluding hydrogens is 439 g/mol.